The van der Waals surface area contributed by atoms with Crippen LogP contribution in [0.3, 0.4) is 0 Å². The normalized spacial score (nSPS) is 11.7. The van der Waals surface area contributed by atoms with Gasteiger partial charge in [0.05, 0.1) is 12.2 Å². The minimum absolute atomic E-state index is 0.244. The van der Waals surface area contributed by atoms with Crippen molar-refractivity contribution in [2.24, 2.45) is 0 Å². The van der Waals surface area contributed by atoms with Crippen molar-refractivity contribution in [1.82, 2.24) is 15.6 Å². The van der Waals surface area contributed by atoms with E-state index in [1.165, 1.54) is 11.8 Å². The molecule has 1 atom stereocenters. The third-order valence-corrected chi connectivity index (χ3v) is 3.55. The summed E-state index contributed by atoms with van der Waals surface area (Å²) in [5, 5.41) is 14.0. The maximum Gasteiger partial charge on any atom is 0.326 e. The fraction of sp³-hybridized carbons (Fsp3) is 0.417. The molecule has 0 saturated heterocycles. The molecule has 6 nitrogen and oxygen atoms in total. The van der Waals surface area contributed by atoms with Crippen LogP contribution in [0, 0.1) is 0 Å². The summed E-state index contributed by atoms with van der Waals surface area (Å²) in [6.07, 6.45) is 3.91. The largest absolute Gasteiger partial charge is 0.480 e. The lowest BCUT2D eigenvalue weighted by Crippen LogP contribution is -2.46. The van der Waals surface area contributed by atoms with Crippen molar-refractivity contribution in [2.75, 3.05) is 12.0 Å². The molecule has 1 aromatic rings. The van der Waals surface area contributed by atoms with Crippen LogP contribution in [0.4, 0.5) is 4.79 Å². The Balaban J connectivity index is 2.41. The lowest BCUT2D eigenvalue weighted by Gasteiger charge is -2.14. The van der Waals surface area contributed by atoms with Crippen molar-refractivity contribution < 1.29 is 14.7 Å². The van der Waals surface area contributed by atoms with Crippen LogP contribution in [-0.2, 0) is 11.3 Å². The van der Waals surface area contributed by atoms with Crippen molar-refractivity contribution in [2.45, 2.75) is 19.0 Å². The molecule has 110 valence electrons. The van der Waals surface area contributed by atoms with E-state index in [2.05, 4.69) is 31.5 Å². The van der Waals surface area contributed by atoms with Gasteiger partial charge in [0.15, 0.2) is 0 Å². The summed E-state index contributed by atoms with van der Waals surface area (Å²) < 4.78 is 0.855. The second-order valence-electron chi connectivity index (χ2n) is 3.97. The second-order valence-corrected chi connectivity index (χ2v) is 5.87. The Morgan fingerprint density at radius 3 is 2.80 bits per heavy atom. The molecule has 1 unspecified atom stereocenters. The van der Waals surface area contributed by atoms with Crippen LogP contribution in [0.2, 0.25) is 0 Å². The topological polar surface area (TPSA) is 91.3 Å². The van der Waals surface area contributed by atoms with E-state index in [1.807, 2.05) is 12.3 Å². The van der Waals surface area contributed by atoms with E-state index in [-0.39, 0.29) is 6.54 Å². The molecule has 1 heterocycles. The molecule has 0 spiro atoms. The quantitative estimate of drug-likeness (QED) is 0.689. The van der Waals surface area contributed by atoms with Crippen LogP contribution in [0.15, 0.2) is 22.8 Å². The van der Waals surface area contributed by atoms with E-state index in [0.717, 1.165) is 4.47 Å². The van der Waals surface area contributed by atoms with Gasteiger partial charge in [-0.15, -0.1) is 0 Å². The van der Waals surface area contributed by atoms with Gasteiger partial charge in [0.25, 0.3) is 0 Å². The smallest absolute Gasteiger partial charge is 0.326 e. The molecule has 1 aromatic heterocycles. The number of pyridine rings is 1. The Labute approximate surface area is 129 Å². The highest BCUT2D eigenvalue weighted by Crippen LogP contribution is 2.07. The lowest BCUT2D eigenvalue weighted by molar-refractivity contribution is -0.139. The summed E-state index contributed by atoms with van der Waals surface area (Å²) in [5.41, 5.74) is 0.694. The molecule has 0 aromatic carbocycles. The molecule has 0 fully saturated rings. The summed E-state index contributed by atoms with van der Waals surface area (Å²) in [4.78, 5) is 26.7. The van der Waals surface area contributed by atoms with Crippen LogP contribution < -0.4 is 10.6 Å². The first-order valence-electron chi connectivity index (χ1n) is 5.89. The summed E-state index contributed by atoms with van der Waals surface area (Å²) in [7, 11) is 0. The Hall–Kier alpha value is -1.28. The van der Waals surface area contributed by atoms with Crippen LogP contribution >= 0.6 is 27.7 Å². The molecular formula is C12H16BrN3O3S. The summed E-state index contributed by atoms with van der Waals surface area (Å²) in [6.45, 7) is 0.244. The van der Waals surface area contributed by atoms with Crippen molar-refractivity contribution >= 4 is 39.7 Å². The van der Waals surface area contributed by atoms with Crippen LogP contribution in [0.25, 0.3) is 0 Å². The number of carboxylic acid groups (broad SMARTS) is 1. The van der Waals surface area contributed by atoms with Gasteiger partial charge in [-0.25, -0.2) is 9.59 Å². The SMILES string of the molecule is CSCCC(NC(=O)NCc1ccc(Br)cn1)C(=O)O. The zero-order valence-electron chi connectivity index (χ0n) is 10.9. The number of amides is 2. The summed E-state index contributed by atoms with van der Waals surface area (Å²) in [6, 6.07) is 2.20. The molecule has 1 rings (SSSR count). The number of carboxylic acids is 1. The number of urea groups is 1. The van der Waals surface area contributed by atoms with Crippen molar-refractivity contribution in [3.05, 3.63) is 28.5 Å². The number of aromatic nitrogens is 1. The standard InChI is InChI=1S/C12H16BrN3O3S/c1-20-5-4-10(11(17)18)16-12(19)15-7-9-3-2-8(13)6-14-9/h2-3,6,10H,4-5,7H2,1H3,(H,17,18)(H2,15,16,19). The molecule has 0 saturated carbocycles. The number of halogens is 1. The number of nitrogens with zero attached hydrogens (tertiary/aromatic N) is 1. The van der Waals surface area contributed by atoms with Gasteiger partial charge in [-0.2, -0.15) is 11.8 Å². The first-order valence-corrected chi connectivity index (χ1v) is 8.08. The molecule has 0 radical (unpaired) electrons. The van der Waals surface area contributed by atoms with Gasteiger partial charge in [0.2, 0.25) is 0 Å². The van der Waals surface area contributed by atoms with Gasteiger partial charge in [-0.1, -0.05) is 0 Å². The third kappa shape index (κ3) is 6.25. The number of rotatable bonds is 7. The highest BCUT2D eigenvalue weighted by atomic mass is 79.9. The number of hydrogen-bond donors (Lipinski definition) is 3. The van der Waals surface area contributed by atoms with E-state index in [1.54, 1.807) is 12.3 Å². The van der Waals surface area contributed by atoms with E-state index in [0.29, 0.717) is 17.9 Å². The Morgan fingerprint density at radius 1 is 1.50 bits per heavy atom. The Morgan fingerprint density at radius 2 is 2.25 bits per heavy atom. The molecule has 8 heteroatoms. The lowest BCUT2D eigenvalue weighted by atomic mass is 10.2. The summed E-state index contributed by atoms with van der Waals surface area (Å²) in [5.74, 6) is -0.359. The van der Waals surface area contributed by atoms with Gasteiger partial charge in [-0.3, -0.25) is 4.98 Å². The first kappa shape index (κ1) is 16.8. The number of hydrogen-bond acceptors (Lipinski definition) is 4. The monoisotopic (exact) mass is 361 g/mol. The van der Waals surface area contributed by atoms with Crippen molar-refractivity contribution in [1.29, 1.82) is 0 Å². The van der Waals surface area contributed by atoms with E-state index in [9.17, 15) is 9.59 Å². The average molecular weight is 362 g/mol. The number of aliphatic carboxylic acids is 1. The fourth-order valence-electron chi connectivity index (χ4n) is 1.38. The van der Waals surface area contributed by atoms with Gasteiger partial charge in [-0.05, 0) is 46.5 Å². The Kier molecular flexibility index (Phi) is 7.38. The van der Waals surface area contributed by atoms with Crippen LogP contribution in [-0.4, -0.2) is 40.1 Å². The second kappa shape index (κ2) is 8.80. The maximum atomic E-state index is 11.6. The van der Waals surface area contributed by atoms with Crippen molar-refractivity contribution in [3.63, 3.8) is 0 Å². The Bertz CT molecular complexity index is 456. The molecule has 0 aliphatic rings. The molecule has 0 aliphatic heterocycles. The zero-order chi connectivity index (χ0) is 15.0. The van der Waals surface area contributed by atoms with Gasteiger partial charge >= 0.3 is 12.0 Å². The number of carbonyl (C=O) groups is 2. The fourth-order valence-corrected chi connectivity index (χ4v) is 2.09. The predicted octanol–water partition coefficient (Wildman–Crippen LogP) is 1.85. The minimum Gasteiger partial charge on any atom is -0.480 e. The molecule has 3 N–H and O–H groups in total. The van der Waals surface area contributed by atoms with Gasteiger partial charge in [0.1, 0.15) is 6.04 Å². The van der Waals surface area contributed by atoms with Crippen LogP contribution in [0.1, 0.15) is 12.1 Å². The molecule has 2 amide bonds. The van der Waals surface area contributed by atoms with Gasteiger partial charge in [0, 0.05) is 10.7 Å². The summed E-state index contributed by atoms with van der Waals surface area (Å²) >= 11 is 4.81. The minimum atomic E-state index is -1.03. The van der Waals surface area contributed by atoms with E-state index < -0.39 is 18.0 Å². The van der Waals surface area contributed by atoms with E-state index >= 15 is 0 Å². The molecule has 0 aliphatic carbocycles. The van der Waals surface area contributed by atoms with Gasteiger partial charge < -0.3 is 15.7 Å². The first-order chi connectivity index (χ1) is 9.52. The zero-order valence-corrected chi connectivity index (χ0v) is 13.3. The third-order valence-electron chi connectivity index (χ3n) is 2.43. The van der Waals surface area contributed by atoms with Crippen LogP contribution in [0.5, 0.6) is 0 Å². The molecular weight excluding hydrogens is 346 g/mol. The average Bonchev–Trinajstić information content (AvgIpc) is 2.42. The molecule has 20 heavy (non-hydrogen) atoms. The van der Waals surface area contributed by atoms with Crippen molar-refractivity contribution in [3.8, 4) is 0 Å². The van der Waals surface area contributed by atoms with E-state index in [4.69, 9.17) is 5.11 Å². The maximum absolute atomic E-state index is 11.6. The number of carbonyl (C=O) groups excluding carboxylic acids is 1. The molecule has 0 bridgehead atoms. The number of thioether (sulfide) groups is 1. The highest BCUT2D eigenvalue weighted by molar-refractivity contribution is 9.10. The number of nitrogens with one attached hydrogen (secondary N) is 2. The highest BCUT2D eigenvalue weighted by Gasteiger charge is 2.18. The predicted molar refractivity (Wildman–Crippen MR) is 81.7 cm³/mol.